The Kier molecular flexibility index (Phi) is 3.76. The monoisotopic (exact) mass is 289 g/mol. The number of sulfonamides is 1. The van der Waals surface area contributed by atoms with Crippen molar-refractivity contribution < 1.29 is 18.0 Å². The fraction of sp³-hybridized carbons (Fsp3) is 0.333. The van der Waals surface area contributed by atoms with E-state index in [4.69, 9.17) is 9.63 Å². The first-order chi connectivity index (χ1) is 8.53. The highest BCUT2D eigenvalue weighted by Gasteiger charge is 2.19. The van der Waals surface area contributed by atoms with Gasteiger partial charge in [-0.3, -0.25) is 0 Å². The van der Waals surface area contributed by atoms with Crippen molar-refractivity contribution in [2.24, 2.45) is 0 Å². The summed E-state index contributed by atoms with van der Waals surface area (Å²) in [4.78, 5) is 4.36. The van der Waals surface area contributed by atoms with Crippen LogP contribution in [-0.4, -0.2) is 23.7 Å². The quantitative estimate of drug-likeness (QED) is 0.826. The maximum atomic E-state index is 12.0. The second-order valence-electron chi connectivity index (χ2n) is 3.42. The molecule has 0 radical (unpaired) electrons. The summed E-state index contributed by atoms with van der Waals surface area (Å²) in [5.41, 5.74) is 0. The van der Waals surface area contributed by atoms with E-state index in [-0.39, 0.29) is 23.9 Å². The van der Waals surface area contributed by atoms with Crippen molar-refractivity contribution in [3.8, 4) is 0 Å². The molecule has 2 aromatic rings. The largest absolute Gasteiger partial charge is 0.391 e. The second-order valence-corrected chi connectivity index (χ2v) is 6.16. The van der Waals surface area contributed by atoms with Crippen molar-refractivity contribution >= 4 is 21.4 Å². The smallest absolute Gasteiger partial charge is 0.242 e. The van der Waals surface area contributed by atoms with E-state index >= 15 is 0 Å². The lowest BCUT2D eigenvalue weighted by Gasteiger charge is -2.04. The van der Waals surface area contributed by atoms with Crippen LogP contribution in [0.2, 0.25) is 0 Å². The van der Waals surface area contributed by atoms with Gasteiger partial charge < -0.3 is 9.63 Å². The van der Waals surface area contributed by atoms with Gasteiger partial charge in [0.25, 0.3) is 0 Å². The Morgan fingerprint density at radius 1 is 1.56 bits per heavy atom. The van der Waals surface area contributed by atoms with Gasteiger partial charge in [-0.25, -0.2) is 13.1 Å². The average Bonchev–Trinajstić information content (AvgIpc) is 2.95. The Balaban J connectivity index is 2.13. The van der Waals surface area contributed by atoms with Gasteiger partial charge in [0, 0.05) is 11.8 Å². The van der Waals surface area contributed by atoms with Crippen LogP contribution in [0.3, 0.4) is 0 Å². The molecule has 0 bridgehead atoms. The lowest BCUT2D eigenvalue weighted by Crippen LogP contribution is -2.24. The highest BCUT2D eigenvalue weighted by Crippen LogP contribution is 2.21. The maximum absolute atomic E-state index is 12.0. The highest BCUT2D eigenvalue weighted by molar-refractivity contribution is 7.89. The Labute approximate surface area is 108 Å². The SMILES string of the molecule is Cc1nc(CNS(=O)(=O)c2ccsc2CO)no1. The number of thiophene rings is 1. The lowest BCUT2D eigenvalue weighted by atomic mass is 10.5. The van der Waals surface area contributed by atoms with Crippen LogP contribution < -0.4 is 4.72 Å². The van der Waals surface area contributed by atoms with Crippen LogP contribution in [0.15, 0.2) is 20.9 Å². The van der Waals surface area contributed by atoms with Gasteiger partial charge in [0.1, 0.15) is 0 Å². The third kappa shape index (κ3) is 2.75. The molecular formula is C9H11N3O4S2. The summed E-state index contributed by atoms with van der Waals surface area (Å²) in [6.07, 6.45) is 0. The third-order valence-electron chi connectivity index (χ3n) is 2.13. The standard InChI is InChI=1S/C9H11N3O4S2/c1-6-11-9(12-16-6)4-10-18(14,15)8-2-3-17-7(8)5-13/h2-3,10,13H,4-5H2,1H3. The molecule has 2 rings (SSSR count). The van der Waals surface area contributed by atoms with Crippen molar-refractivity contribution in [2.45, 2.75) is 25.0 Å². The highest BCUT2D eigenvalue weighted by atomic mass is 32.2. The van der Waals surface area contributed by atoms with Crippen LogP contribution in [0.5, 0.6) is 0 Å². The first-order valence-corrected chi connectivity index (χ1v) is 7.35. The molecule has 2 N–H and O–H groups in total. The predicted molar refractivity (Wildman–Crippen MR) is 63.3 cm³/mol. The van der Waals surface area contributed by atoms with Gasteiger partial charge in [-0.05, 0) is 11.4 Å². The van der Waals surface area contributed by atoms with Gasteiger partial charge in [-0.2, -0.15) is 4.98 Å². The number of nitrogens with one attached hydrogen (secondary N) is 1. The molecule has 0 aromatic carbocycles. The van der Waals surface area contributed by atoms with E-state index in [2.05, 4.69) is 14.9 Å². The van der Waals surface area contributed by atoms with Crippen LogP contribution in [0.4, 0.5) is 0 Å². The van der Waals surface area contributed by atoms with Crippen molar-refractivity contribution in [3.63, 3.8) is 0 Å². The van der Waals surface area contributed by atoms with Crippen molar-refractivity contribution in [1.82, 2.24) is 14.9 Å². The van der Waals surface area contributed by atoms with Crippen LogP contribution in [0.1, 0.15) is 16.6 Å². The number of aliphatic hydroxyl groups is 1. The molecular weight excluding hydrogens is 278 g/mol. The van der Waals surface area contributed by atoms with E-state index in [0.717, 1.165) is 0 Å². The van der Waals surface area contributed by atoms with E-state index in [0.29, 0.717) is 10.8 Å². The van der Waals surface area contributed by atoms with Crippen molar-refractivity contribution in [2.75, 3.05) is 0 Å². The number of hydrogen-bond donors (Lipinski definition) is 2. The van der Waals surface area contributed by atoms with Crippen LogP contribution >= 0.6 is 11.3 Å². The van der Waals surface area contributed by atoms with Crippen LogP contribution in [0.25, 0.3) is 0 Å². The minimum atomic E-state index is -3.67. The molecule has 7 nitrogen and oxygen atoms in total. The summed E-state index contributed by atoms with van der Waals surface area (Å²) in [7, 11) is -3.67. The maximum Gasteiger partial charge on any atom is 0.242 e. The molecule has 98 valence electrons. The summed E-state index contributed by atoms with van der Waals surface area (Å²) in [6.45, 7) is 1.25. The molecule has 0 spiro atoms. The number of aromatic nitrogens is 2. The molecule has 0 unspecified atom stereocenters. The summed E-state index contributed by atoms with van der Waals surface area (Å²) in [5.74, 6) is 0.632. The van der Waals surface area contributed by atoms with Crippen molar-refractivity contribution in [1.29, 1.82) is 0 Å². The molecule has 2 aromatic heterocycles. The van der Waals surface area contributed by atoms with E-state index < -0.39 is 10.0 Å². The first-order valence-electron chi connectivity index (χ1n) is 4.99. The number of aliphatic hydroxyl groups excluding tert-OH is 1. The second kappa shape index (κ2) is 5.14. The number of aryl methyl sites for hydroxylation is 1. The predicted octanol–water partition coefficient (Wildman–Crippen LogP) is 0.410. The van der Waals surface area contributed by atoms with Crippen LogP contribution in [0, 0.1) is 6.92 Å². The zero-order valence-electron chi connectivity index (χ0n) is 9.45. The average molecular weight is 289 g/mol. The normalized spacial score (nSPS) is 11.9. The minimum absolute atomic E-state index is 0.0552. The molecule has 0 fully saturated rings. The molecule has 18 heavy (non-hydrogen) atoms. The molecule has 0 aliphatic rings. The van der Waals surface area contributed by atoms with Gasteiger partial charge >= 0.3 is 0 Å². The third-order valence-corrected chi connectivity index (χ3v) is 4.65. The molecule has 0 amide bonds. The molecule has 9 heteroatoms. The lowest BCUT2D eigenvalue weighted by molar-refractivity contribution is 0.282. The first kappa shape index (κ1) is 13.1. The minimum Gasteiger partial charge on any atom is -0.391 e. The molecule has 0 aliphatic carbocycles. The Morgan fingerprint density at radius 2 is 2.33 bits per heavy atom. The topological polar surface area (TPSA) is 105 Å². The van der Waals surface area contributed by atoms with E-state index in [9.17, 15) is 8.42 Å². The Bertz CT molecular complexity index is 632. The molecule has 0 saturated carbocycles. The van der Waals surface area contributed by atoms with Gasteiger partial charge in [0.05, 0.1) is 18.0 Å². The molecule has 2 heterocycles. The van der Waals surface area contributed by atoms with Gasteiger partial charge in [-0.15, -0.1) is 11.3 Å². The van der Waals surface area contributed by atoms with E-state index in [1.807, 2.05) is 0 Å². The fourth-order valence-electron chi connectivity index (χ4n) is 1.33. The summed E-state index contributed by atoms with van der Waals surface area (Å²) in [6, 6.07) is 1.44. The van der Waals surface area contributed by atoms with Gasteiger partial charge in [0.2, 0.25) is 15.9 Å². The molecule has 0 saturated heterocycles. The summed E-state index contributed by atoms with van der Waals surface area (Å²) >= 11 is 1.18. The van der Waals surface area contributed by atoms with Gasteiger partial charge in [0.15, 0.2) is 5.82 Å². The molecule has 0 atom stereocenters. The Hall–Kier alpha value is -1.29. The summed E-state index contributed by atoms with van der Waals surface area (Å²) in [5, 5.41) is 14.2. The Morgan fingerprint density at radius 3 is 2.94 bits per heavy atom. The number of hydrogen-bond acceptors (Lipinski definition) is 7. The van der Waals surface area contributed by atoms with Gasteiger partial charge in [-0.1, -0.05) is 5.16 Å². The van der Waals surface area contributed by atoms with E-state index in [1.54, 1.807) is 12.3 Å². The van der Waals surface area contributed by atoms with E-state index in [1.165, 1.54) is 17.4 Å². The number of rotatable bonds is 5. The zero-order chi connectivity index (χ0) is 13.2. The summed E-state index contributed by atoms with van der Waals surface area (Å²) < 4.78 is 31.0. The number of nitrogens with zero attached hydrogens (tertiary/aromatic N) is 2. The van der Waals surface area contributed by atoms with Crippen molar-refractivity contribution in [3.05, 3.63) is 28.0 Å². The van der Waals surface area contributed by atoms with Crippen LogP contribution in [-0.2, 0) is 23.2 Å². The molecule has 0 aliphatic heterocycles. The fourth-order valence-corrected chi connectivity index (χ4v) is 3.61. The zero-order valence-corrected chi connectivity index (χ0v) is 11.1.